The summed E-state index contributed by atoms with van der Waals surface area (Å²) >= 11 is 3.59. The first-order chi connectivity index (χ1) is 10.2. The van der Waals surface area contributed by atoms with Crippen molar-refractivity contribution in [1.29, 1.82) is 0 Å². The molecule has 1 aromatic heterocycles. The number of hydrogen-bond donors (Lipinski definition) is 1. The summed E-state index contributed by atoms with van der Waals surface area (Å²) in [4.78, 5) is 0. The van der Waals surface area contributed by atoms with Crippen molar-refractivity contribution < 1.29 is 9.15 Å². The fourth-order valence-corrected chi connectivity index (χ4v) is 2.81. The van der Waals surface area contributed by atoms with E-state index < -0.39 is 0 Å². The van der Waals surface area contributed by atoms with E-state index in [4.69, 9.17) is 9.15 Å². The molecule has 0 fully saturated rings. The van der Waals surface area contributed by atoms with E-state index in [9.17, 15) is 0 Å². The van der Waals surface area contributed by atoms with Crippen molar-refractivity contribution in [2.75, 3.05) is 13.2 Å². The number of halogens is 1. The molecule has 1 aromatic carbocycles. The van der Waals surface area contributed by atoms with Crippen molar-refractivity contribution in [3.8, 4) is 5.75 Å². The number of aryl methyl sites for hydroxylation is 1. The molecule has 3 nitrogen and oxygen atoms in total. The van der Waals surface area contributed by atoms with Crippen LogP contribution in [0.1, 0.15) is 43.2 Å². The first kappa shape index (κ1) is 16.1. The van der Waals surface area contributed by atoms with E-state index in [1.165, 1.54) is 5.56 Å². The summed E-state index contributed by atoms with van der Waals surface area (Å²) in [6.07, 6.45) is 2.92. The van der Waals surface area contributed by atoms with Gasteiger partial charge in [-0.15, -0.1) is 0 Å². The normalized spacial score (nSPS) is 12.4. The Balaban J connectivity index is 2.30. The quantitative estimate of drug-likeness (QED) is 0.774. The van der Waals surface area contributed by atoms with Crippen molar-refractivity contribution in [3.63, 3.8) is 0 Å². The van der Waals surface area contributed by atoms with E-state index in [1.54, 1.807) is 0 Å². The highest BCUT2D eigenvalue weighted by Crippen LogP contribution is 2.31. The van der Waals surface area contributed by atoms with Crippen molar-refractivity contribution >= 4 is 15.9 Å². The topological polar surface area (TPSA) is 34.4 Å². The van der Waals surface area contributed by atoms with Crippen LogP contribution in [0.2, 0.25) is 0 Å². The van der Waals surface area contributed by atoms with Gasteiger partial charge in [0, 0.05) is 5.56 Å². The van der Waals surface area contributed by atoms with Gasteiger partial charge in [-0.3, -0.25) is 0 Å². The number of ether oxygens (including phenoxy) is 1. The molecule has 0 bridgehead atoms. The Morgan fingerprint density at radius 3 is 2.62 bits per heavy atom. The third-order valence-corrected chi connectivity index (χ3v) is 3.89. The number of furan rings is 1. The second kappa shape index (κ2) is 7.66. The summed E-state index contributed by atoms with van der Waals surface area (Å²) in [5.41, 5.74) is 2.34. The zero-order chi connectivity index (χ0) is 15.2. The monoisotopic (exact) mass is 351 g/mol. The average molecular weight is 352 g/mol. The highest BCUT2D eigenvalue weighted by Gasteiger charge is 2.16. The zero-order valence-electron chi connectivity index (χ0n) is 12.8. The molecule has 0 aliphatic rings. The number of nitrogens with one attached hydrogen (secondary N) is 1. The van der Waals surface area contributed by atoms with E-state index in [2.05, 4.69) is 46.4 Å². The van der Waals surface area contributed by atoms with Crippen LogP contribution in [-0.4, -0.2) is 13.2 Å². The van der Waals surface area contributed by atoms with Gasteiger partial charge in [-0.05, 0) is 66.5 Å². The van der Waals surface area contributed by atoms with Crippen molar-refractivity contribution in [2.24, 2.45) is 0 Å². The van der Waals surface area contributed by atoms with E-state index in [1.807, 2.05) is 26.2 Å². The Labute approximate surface area is 134 Å². The lowest BCUT2D eigenvalue weighted by Crippen LogP contribution is -2.22. The maximum atomic E-state index is 5.58. The molecule has 4 heteroatoms. The molecule has 0 spiro atoms. The predicted octanol–water partition coefficient (Wildman–Crippen LogP) is 4.84. The van der Waals surface area contributed by atoms with Gasteiger partial charge in [-0.1, -0.05) is 13.0 Å². The lowest BCUT2D eigenvalue weighted by molar-refractivity contribution is 0.338. The Morgan fingerprint density at radius 2 is 2.05 bits per heavy atom. The van der Waals surface area contributed by atoms with Crippen LogP contribution in [0.25, 0.3) is 0 Å². The Kier molecular flexibility index (Phi) is 5.88. The molecule has 0 saturated heterocycles. The summed E-state index contributed by atoms with van der Waals surface area (Å²) in [5, 5.41) is 3.57. The van der Waals surface area contributed by atoms with E-state index >= 15 is 0 Å². The smallest absolute Gasteiger partial charge is 0.133 e. The standard InChI is InChI=1S/C17H22BrNO2/c1-4-8-19-17(14-9-12(3)21-11-14)13-6-7-16(20-5-2)15(18)10-13/h6-7,9-11,17,19H,4-5,8H2,1-3H3. The van der Waals surface area contributed by atoms with E-state index in [-0.39, 0.29) is 6.04 Å². The lowest BCUT2D eigenvalue weighted by atomic mass is 10.0. The third-order valence-electron chi connectivity index (χ3n) is 3.27. The average Bonchev–Trinajstić information content (AvgIpc) is 2.89. The maximum absolute atomic E-state index is 5.58. The molecular formula is C17H22BrNO2. The molecule has 1 unspecified atom stereocenters. The molecule has 0 aliphatic carbocycles. The van der Waals surface area contributed by atoms with Crippen LogP contribution in [0.3, 0.4) is 0 Å². The van der Waals surface area contributed by atoms with Crippen LogP contribution in [0, 0.1) is 6.92 Å². The largest absolute Gasteiger partial charge is 0.493 e. The molecule has 21 heavy (non-hydrogen) atoms. The zero-order valence-corrected chi connectivity index (χ0v) is 14.4. The second-order valence-corrected chi connectivity index (χ2v) is 5.86. The summed E-state index contributed by atoms with van der Waals surface area (Å²) in [6, 6.07) is 8.44. The lowest BCUT2D eigenvalue weighted by Gasteiger charge is -2.19. The second-order valence-electron chi connectivity index (χ2n) is 5.00. The highest BCUT2D eigenvalue weighted by atomic mass is 79.9. The SMILES string of the molecule is CCCNC(c1coc(C)c1)c1ccc(OCC)c(Br)c1. The number of benzene rings is 1. The predicted molar refractivity (Wildman–Crippen MR) is 88.9 cm³/mol. The summed E-state index contributed by atoms with van der Waals surface area (Å²) in [7, 11) is 0. The molecular weight excluding hydrogens is 330 g/mol. The minimum absolute atomic E-state index is 0.134. The first-order valence-electron chi connectivity index (χ1n) is 7.36. The minimum Gasteiger partial charge on any atom is -0.493 e. The third kappa shape index (κ3) is 4.11. The van der Waals surface area contributed by atoms with Crippen LogP contribution in [0.4, 0.5) is 0 Å². The molecule has 0 aliphatic heterocycles. The Bertz CT molecular complexity index is 580. The van der Waals surface area contributed by atoms with Crippen molar-refractivity contribution in [3.05, 3.63) is 51.9 Å². The fraction of sp³-hybridized carbons (Fsp3) is 0.412. The molecule has 1 atom stereocenters. The highest BCUT2D eigenvalue weighted by molar-refractivity contribution is 9.10. The van der Waals surface area contributed by atoms with Gasteiger partial charge >= 0.3 is 0 Å². The van der Waals surface area contributed by atoms with Gasteiger partial charge in [0.1, 0.15) is 11.5 Å². The minimum atomic E-state index is 0.134. The molecule has 2 aromatic rings. The van der Waals surface area contributed by atoms with Crippen LogP contribution in [-0.2, 0) is 0 Å². The van der Waals surface area contributed by atoms with Crippen LogP contribution in [0.5, 0.6) is 5.75 Å². The molecule has 114 valence electrons. The molecule has 1 heterocycles. The molecule has 1 N–H and O–H groups in total. The van der Waals surface area contributed by atoms with Crippen LogP contribution in [0.15, 0.2) is 39.4 Å². The number of rotatable bonds is 7. The van der Waals surface area contributed by atoms with E-state index in [0.717, 1.165) is 34.5 Å². The van der Waals surface area contributed by atoms with Gasteiger partial charge in [0.25, 0.3) is 0 Å². The van der Waals surface area contributed by atoms with Crippen LogP contribution >= 0.6 is 15.9 Å². The van der Waals surface area contributed by atoms with Crippen LogP contribution < -0.4 is 10.1 Å². The van der Waals surface area contributed by atoms with E-state index in [0.29, 0.717) is 6.61 Å². The van der Waals surface area contributed by atoms with Gasteiger partial charge in [0.05, 0.1) is 23.4 Å². The molecule has 0 radical (unpaired) electrons. The molecule has 0 amide bonds. The van der Waals surface area contributed by atoms with Crippen molar-refractivity contribution in [1.82, 2.24) is 5.32 Å². The molecule has 0 saturated carbocycles. The summed E-state index contributed by atoms with van der Waals surface area (Å²) in [6.45, 7) is 7.74. The maximum Gasteiger partial charge on any atom is 0.133 e. The van der Waals surface area contributed by atoms with Crippen molar-refractivity contribution in [2.45, 2.75) is 33.2 Å². The summed E-state index contributed by atoms with van der Waals surface area (Å²) < 4.78 is 12.0. The van der Waals surface area contributed by atoms with Gasteiger partial charge in [0.15, 0.2) is 0 Å². The van der Waals surface area contributed by atoms with Gasteiger partial charge < -0.3 is 14.5 Å². The van der Waals surface area contributed by atoms with Gasteiger partial charge in [-0.2, -0.15) is 0 Å². The molecule has 2 rings (SSSR count). The van der Waals surface area contributed by atoms with Gasteiger partial charge in [-0.25, -0.2) is 0 Å². The Morgan fingerprint density at radius 1 is 1.24 bits per heavy atom. The fourth-order valence-electron chi connectivity index (χ4n) is 2.30. The van der Waals surface area contributed by atoms with Gasteiger partial charge in [0.2, 0.25) is 0 Å². The summed E-state index contributed by atoms with van der Waals surface area (Å²) in [5.74, 6) is 1.80. The Hall–Kier alpha value is -1.26. The first-order valence-corrected chi connectivity index (χ1v) is 8.15. The number of hydrogen-bond acceptors (Lipinski definition) is 3.